The second kappa shape index (κ2) is 9.42. The molecule has 1 aromatic carbocycles. The third kappa shape index (κ3) is 4.31. The van der Waals surface area contributed by atoms with Crippen LogP contribution in [0.3, 0.4) is 0 Å². The lowest BCUT2D eigenvalue weighted by atomic mass is 9.96. The predicted molar refractivity (Wildman–Crippen MR) is 104 cm³/mol. The van der Waals surface area contributed by atoms with Crippen molar-refractivity contribution in [3.63, 3.8) is 0 Å². The molecule has 7 heteroatoms. The molecule has 1 amide bonds. The normalized spacial score (nSPS) is 14.8. The van der Waals surface area contributed by atoms with E-state index in [0.717, 1.165) is 37.9 Å². The number of amides is 1. The van der Waals surface area contributed by atoms with Crippen LogP contribution in [0.2, 0.25) is 5.02 Å². The summed E-state index contributed by atoms with van der Waals surface area (Å²) in [5.74, 6) is 0.720. The summed E-state index contributed by atoms with van der Waals surface area (Å²) in [6, 6.07) is 7.32. The summed E-state index contributed by atoms with van der Waals surface area (Å²) in [6.07, 6.45) is 3.80. The lowest BCUT2D eigenvalue weighted by Gasteiger charge is -2.32. The Labute approximate surface area is 159 Å². The van der Waals surface area contributed by atoms with Gasteiger partial charge in [0.05, 0.1) is 16.1 Å². The van der Waals surface area contributed by atoms with Crippen molar-refractivity contribution in [2.75, 3.05) is 26.7 Å². The Morgan fingerprint density at radius 1 is 1.29 bits per heavy atom. The summed E-state index contributed by atoms with van der Waals surface area (Å²) in [4.78, 5) is 19.1. The first-order valence-electron chi connectivity index (χ1n) is 7.68. The predicted octanol–water partition coefficient (Wildman–Crippen LogP) is 3.80. The van der Waals surface area contributed by atoms with Crippen molar-refractivity contribution in [2.45, 2.75) is 12.8 Å². The van der Waals surface area contributed by atoms with Gasteiger partial charge in [0.2, 0.25) is 0 Å². The number of piperidine rings is 1. The zero-order valence-electron chi connectivity index (χ0n) is 13.5. The van der Waals surface area contributed by atoms with Crippen LogP contribution in [-0.4, -0.2) is 42.5 Å². The molecule has 1 fully saturated rings. The number of nitrogens with one attached hydrogen (secondary N) is 1. The first-order chi connectivity index (χ1) is 10.7. The lowest BCUT2D eigenvalue weighted by molar-refractivity contribution is 0.0692. The molecule has 2 heterocycles. The summed E-state index contributed by atoms with van der Waals surface area (Å²) in [5, 5.41) is 4.68. The molecule has 0 saturated carbocycles. The second-order valence-electron chi connectivity index (χ2n) is 5.79. The molecule has 3 rings (SSSR count). The highest BCUT2D eigenvalue weighted by Gasteiger charge is 2.24. The molecule has 0 unspecified atom stereocenters. The van der Waals surface area contributed by atoms with Crippen LogP contribution in [0.15, 0.2) is 30.5 Å². The van der Waals surface area contributed by atoms with Crippen LogP contribution >= 0.6 is 36.4 Å². The van der Waals surface area contributed by atoms with Gasteiger partial charge in [-0.1, -0.05) is 11.6 Å². The van der Waals surface area contributed by atoms with Crippen molar-refractivity contribution in [1.29, 1.82) is 0 Å². The van der Waals surface area contributed by atoms with Gasteiger partial charge in [-0.25, -0.2) is 0 Å². The second-order valence-corrected chi connectivity index (χ2v) is 6.19. The average Bonchev–Trinajstić information content (AvgIpc) is 2.56. The number of carbonyl (C=O) groups excluding carboxylic acids is 1. The summed E-state index contributed by atoms with van der Waals surface area (Å²) in [6.45, 7) is 2.64. The zero-order chi connectivity index (χ0) is 15.5. The molecular weight excluding hydrogens is 369 g/mol. The Balaban J connectivity index is 0.00000144. The van der Waals surface area contributed by atoms with E-state index < -0.39 is 0 Å². The Hall–Kier alpha value is -1.07. The molecule has 0 radical (unpaired) electrons. The average molecular weight is 391 g/mol. The maximum Gasteiger partial charge on any atom is 0.256 e. The van der Waals surface area contributed by atoms with E-state index in [9.17, 15) is 4.79 Å². The van der Waals surface area contributed by atoms with Crippen molar-refractivity contribution >= 4 is 53.2 Å². The van der Waals surface area contributed by atoms with Gasteiger partial charge in [0.15, 0.2) is 0 Å². The van der Waals surface area contributed by atoms with Gasteiger partial charge in [-0.05, 0) is 56.6 Å². The fourth-order valence-corrected chi connectivity index (χ4v) is 3.33. The minimum atomic E-state index is 0. The van der Waals surface area contributed by atoms with Gasteiger partial charge < -0.3 is 10.2 Å². The highest BCUT2D eigenvalue weighted by Crippen LogP contribution is 2.27. The molecule has 1 aromatic heterocycles. The highest BCUT2D eigenvalue weighted by atomic mass is 35.5. The van der Waals surface area contributed by atoms with E-state index >= 15 is 0 Å². The molecule has 132 valence electrons. The molecule has 2 aromatic rings. The van der Waals surface area contributed by atoms with Crippen molar-refractivity contribution < 1.29 is 4.79 Å². The number of hydrogen-bond acceptors (Lipinski definition) is 3. The van der Waals surface area contributed by atoms with Crippen molar-refractivity contribution in [3.05, 3.63) is 41.0 Å². The van der Waals surface area contributed by atoms with E-state index in [0.29, 0.717) is 22.0 Å². The number of pyridine rings is 1. The van der Waals surface area contributed by atoms with Crippen LogP contribution in [0.5, 0.6) is 0 Å². The van der Waals surface area contributed by atoms with Crippen LogP contribution in [-0.2, 0) is 0 Å². The molecule has 24 heavy (non-hydrogen) atoms. The molecule has 1 saturated heterocycles. The van der Waals surface area contributed by atoms with Gasteiger partial charge in [0.25, 0.3) is 5.91 Å². The number of nitrogens with zero attached hydrogens (tertiary/aromatic N) is 2. The molecule has 0 atom stereocenters. The van der Waals surface area contributed by atoms with Gasteiger partial charge >= 0.3 is 0 Å². The number of rotatable bonds is 3. The fourth-order valence-electron chi connectivity index (χ4n) is 3.11. The lowest BCUT2D eigenvalue weighted by Crippen LogP contribution is -2.40. The van der Waals surface area contributed by atoms with E-state index in [-0.39, 0.29) is 30.7 Å². The van der Waals surface area contributed by atoms with Crippen LogP contribution in [0.1, 0.15) is 23.2 Å². The van der Waals surface area contributed by atoms with Crippen LogP contribution in [0, 0.1) is 5.92 Å². The standard InChI is InChI=1S/C17H20ClN3O.2ClH/c1-19-11-12-6-9-21(10-7-12)17(22)14-4-5-15(18)13-3-2-8-20-16(13)14;;/h2-5,8,12,19H,6-7,9-11H2,1H3;2*1H. The minimum absolute atomic E-state index is 0. The third-order valence-electron chi connectivity index (χ3n) is 4.34. The van der Waals surface area contributed by atoms with Gasteiger partial charge in [0, 0.05) is 24.7 Å². The number of fused-ring (bicyclic) bond motifs is 1. The SMILES string of the molecule is CNCC1CCN(C(=O)c2ccc(Cl)c3cccnc23)CC1.Cl.Cl. The maximum atomic E-state index is 12.8. The van der Waals surface area contributed by atoms with Crippen LogP contribution in [0.25, 0.3) is 10.9 Å². The molecule has 4 nitrogen and oxygen atoms in total. The monoisotopic (exact) mass is 389 g/mol. The van der Waals surface area contributed by atoms with Crippen LogP contribution < -0.4 is 5.32 Å². The van der Waals surface area contributed by atoms with E-state index in [2.05, 4.69) is 10.3 Å². The first kappa shape index (κ1) is 21.0. The Morgan fingerprint density at radius 3 is 2.67 bits per heavy atom. The smallest absolute Gasteiger partial charge is 0.256 e. The first-order valence-corrected chi connectivity index (χ1v) is 8.05. The number of carbonyl (C=O) groups is 1. The van der Waals surface area contributed by atoms with Crippen LogP contribution in [0.4, 0.5) is 0 Å². The summed E-state index contributed by atoms with van der Waals surface area (Å²) in [7, 11) is 1.98. The molecular formula is C17H22Cl3N3O. The molecule has 1 N–H and O–H groups in total. The Morgan fingerprint density at radius 2 is 2.00 bits per heavy atom. The quantitative estimate of drug-likeness (QED) is 0.867. The van der Waals surface area contributed by atoms with E-state index in [1.807, 2.05) is 24.1 Å². The van der Waals surface area contributed by atoms with E-state index in [4.69, 9.17) is 11.6 Å². The van der Waals surface area contributed by atoms with Gasteiger partial charge in [-0.2, -0.15) is 0 Å². The molecule has 0 aliphatic carbocycles. The summed E-state index contributed by atoms with van der Waals surface area (Å²) in [5.41, 5.74) is 1.34. The van der Waals surface area contributed by atoms with E-state index in [1.54, 1.807) is 18.3 Å². The van der Waals surface area contributed by atoms with Gasteiger partial charge in [-0.3, -0.25) is 9.78 Å². The van der Waals surface area contributed by atoms with Crippen molar-refractivity contribution in [2.24, 2.45) is 5.92 Å². The molecule has 1 aliphatic rings. The summed E-state index contributed by atoms with van der Waals surface area (Å²) >= 11 is 6.20. The highest BCUT2D eigenvalue weighted by molar-refractivity contribution is 6.36. The third-order valence-corrected chi connectivity index (χ3v) is 4.67. The number of benzene rings is 1. The largest absolute Gasteiger partial charge is 0.339 e. The number of likely N-dealkylation sites (tertiary alicyclic amines) is 1. The number of aromatic nitrogens is 1. The molecule has 0 spiro atoms. The van der Waals surface area contributed by atoms with Crippen molar-refractivity contribution in [3.8, 4) is 0 Å². The summed E-state index contributed by atoms with van der Waals surface area (Å²) < 4.78 is 0. The van der Waals surface area contributed by atoms with Gasteiger partial charge in [-0.15, -0.1) is 24.8 Å². The fraction of sp³-hybridized carbons (Fsp3) is 0.412. The zero-order valence-corrected chi connectivity index (χ0v) is 15.9. The number of halogens is 3. The van der Waals surface area contributed by atoms with Gasteiger partial charge in [0.1, 0.15) is 0 Å². The van der Waals surface area contributed by atoms with Crippen molar-refractivity contribution in [1.82, 2.24) is 15.2 Å². The maximum absolute atomic E-state index is 12.8. The Kier molecular flexibility index (Phi) is 8.23. The minimum Gasteiger partial charge on any atom is -0.339 e. The molecule has 1 aliphatic heterocycles. The molecule has 0 bridgehead atoms. The van der Waals surface area contributed by atoms with E-state index in [1.165, 1.54) is 0 Å². The topological polar surface area (TPSA) is 45.2 Å². The number of hydrogen-bond donors (Lipinski definition) is 1. The Bertz CT molecular complexity index is 688.